The standard InChI is InChI=1S/C18H17N3O4S/c1-3-21-9-19-17-14(18(21)25)10(2)15(26-17)16(24)20-12-6-4-11(5-7-12)8-13(22)23/h4-7,9H,3,8H2,1-2H3,(H,20,24)(H,22,23). The number of carbonyl (C=O) groups excluding carboxylic acids is 1. The molecule has 1 aromatic carbocycles. The third-order valence-corrected chi connectivity index (χ3v) is 5.23. The Morgan fingerprint density at radius 3 is 2.58 bits per heavy atom. The second-order valence-corrected chi connectivity index (χ2v) is 6.79. The molecule has 0 atom stereocenters. The van der Waals surface area contributed by atoms with Gasteiger partial charge in [0.1, 0.15) is 4.83 Å². The number of fused-ring (bicyclic) bond motifs is 1. The van der Waals surface area contributed by atoms with Crippen molar-refractivity contribution in [3.63, 3.8) is 0 Å². The maximum absolute atomic E-state index is 12.6. The molecule has 0 fully saturated rings. The Morgan fingerprint density at radius 2 is 1.96 bits per heavy atom. The molecule has 26 heavy (non-hydrogen) atoms. The third-order valence-electron chi connectivity index (χ3n) is 4.03. The van der Waals surface area contributed by atoms with E-state index in [0.29, 0.717) is 38.5 Å². The van der Waals surface area contributed by atoms with Gasteiger partial charge in [-0.2, -0.15) is 0 Å². The summed E-state index contributed by atoms with van der Waals surface area (Å²) in [7, 11) is 0. The fraction of sp³-hybridized carbons (Fsp3) is 0.222. The van der Waals surface area contributed by atoms with E-state index in [4.69, 9.17) is 5.11 Å². The van der Waals surface area contributed by atoms with Crippen LogP contribution in [0.3, 0.4) is 0 Å². The van der Waals surface area contributed by atoms with E-state index in [2.05, 4.69) is 10.3 Å². The van der Waals surface area contributed by atoms with Crippen molar-refractivity contribution in [3.05, 3.63) is 57.0 Å². The van der Waals surface area contributed by atoms with E-state index >= 15 is 0 Å². The van der Waals surface area contributed by atoms with Crippen LogP contribution in [0.5, 0.6) is 0 Å². The van der Waals surface area contributed by atoms with Gasteiger partial charge in [-0.1, -0.05) is 12.1 Å². The smallest absolute Gasteiger partial charge is 0.307 e. The maximum atomic E-state index is 12.6. The van der Waals surface area contributed by atoms with Gasteiger partial charge in [0.2, 0.25) is 0 Å². The number of benzene rings is 1. The Kier molecular flexibility index (Phi) is 4.85. The molecule has 3 rings (SSSR count). The minimum absolute atomic E-state index is 0.0704. The number of amides is 1. The Labute approximate surface area is 152 Å². The molecule has 0 spiro atoms. The zero-order valence-electron chi connectivity index (χ0n) is 14.3. The molecule has 0 aliphatic carbocycles. The second kappa shape index (κ2) is 7.09. The second-order valence-electron chi connectivity index (χ2n) is 5.79. The summed E-state index contributed by atoms with van der Waals surface area (Å²) in [6, 6.07) is 6.62. The summed E-state index contributed by atoms with van der Waals surface area (Å²) < 4.78 is 1.50. The summed E-state index contributed by atoms with van der Waals surface area (Å²) in [5, 5.41) is 12.0. The minimum atomic E-state index is -0.909. The zero-order valence-corrected chi connectivity index (χ0v) is 15.1. The molecule has 0 unspecified atom stereocenters. The first kappa shape index (κ1) is 17.8. The lowest BCUT2D eigenvalue weighted by Crippen LogP contribution is -2.19. The highest BCUT2D eigenvalue weighted by Crippen LogP contribution is 2.27. The first-order chi connectivity index (χ1) is 12.4. The topological polar surface area (TPSA) is 101 Å². The first-order valence-corrected chi connectivity index (χ1v) is 8.83. The van der Waals surface area contributed by atoms with Gasteiger partial charge < -0.3 is 10.4 Å². The Bertz CT molecular complexity index is 1050. The molecule has 7 nitrogen and oxygen atoms in total. The number of nitrogens with zero attached hydrogens (tertiary/aromatic N) is 2. The molecule has 2 aromatic heterocycles. The van der Waals surface area contributed by atoms with Crippen molar-refractivity contribution in [2.75, 3.05) is 5.32 Å². The van der Waals surface area contributed by atoms with Gasteiger partial charge in [0.25, 0.3) is 11.5 Å². The third kappa shape index (κ3) is 3.36. The van der Waals surface area contributed by atoms with Crippen LogP contribution in [0.1, 0.15) is 27.7 Å². The summed E-state index contributed by atoms with van der Waals surface area (Å²) in [5.41, 5.74) is 1.67. The van der Waals surface area contributed by atoms with Crippen molar-refractivity contribution in [1.29, 1.82) is 0 Å². The van der Waals surface area contributed by atoms with E-state index in [9.17, 15) is 14.4 Å². The lowest BCUT2D eigenvalue weighted by Gasteiger charge is -2.05. The van der Waals surface area contributed by atoms with Gasteiger partial charge in [-0.3, -0.25) is 19.0 Å². The molecular formula is C18H17N3O4S. The van der Waals surface area contributed by atoms with Gasteiger partial charge in [-0.05, 0) is 37.1 Å². The SMILES string of the molecule is CCn1cnc2sc(C(=O)Nc3ccc(CC(=O)O)cc3)c(C)c2c1=O. The summed E-state index contributed by atoms with van der Waals surface area (Å²) in [5.74, 6) is -1.23. The number of aromatic nitrogens is 2. The van der Waals surface area contributed by atoms with Crippen LogP contribution in [0.4, 0.5) is 5.69 Å². The predicted molar refractivity (Wildman–Crippen MR) is 100 cm³/mol. The van der Waals surface area contributed by atoms with E-state index in [1.807, 2.05) is 6.92 Å². The fourth-order valence-corrected chi connectivity index (χ4v) is 3.70. The van der Waals surface area contributed by atoms with Crippen LogP contribution in [0.25, 0.3) is 10.2 Å². The number of hydrogen-bond acceptors (Lipinski definition) is 5. The van der Waals surface area contributed by atoms with Gasteiger partial charge in [0, 0.05) is 12.2 Å². The van der Waals surface area contributed by atoms with Crippen LogP contribution < -0.4 is 10.9 Å². The molecule has 2 N–H and O–H groups in total. The highest BCUT2D eigenvalue weighted by molar-refractivity contribution is 7.20. The minimum Gasteiger partial charge on any atom is -0.481 e. The summed E-state index contributed by atoms with van der Waals surface area (Å²) >= 11 is 1.18. The van der Waals surface area contributed by atoms with Gasteiger partial charge in [0.05, 0.1) is 23.0 Å². The summed E-state index contributed by atoms with van der Waals surface area (Å²) in [6.07, 6.45) is 1.42. The number of carboxylic acid groups (broad SMARTS) is 1. The van der Waals surface area contributed by atoms with Crippen LogP contribution in [-0.4, -0.2) is 26.5 Å². The summed E-state index contributed by atoms with van der Waals surface area (Å²) in [4.78, 5) is 41.0. The predicted octanol–water partition coefficient (Wildman–Crippen LogP) is 2.67. The normalized spacial score (nSPS) is 10.8. The lowest BCUT2D eigenvalue weighted by atomic mass is 10.1. The van der Waals surface area contributed by atoms with Crippen molar-refractivity contribution < 1.29 is 14.7 Å². The molecule has 0 bridgehead atoms. The molecular weight excluding hydrogens is 354 g/mol. The number of aryl methyl sites for hydroxylation is 2. The van der Waals surface area contributed by atoms with E-state index in [1.165, 1.54) is 22.2 Å². The molecule has 0 aliphatic heterocycles. The van der Waals surface area contributed by atoms with Crippen molar-refractivity contribution >= 4 is 39.1 Å². The van der Waals surface area contributed by atoms with Crippen molar-refractivity contribution in [2.45, 2.75) is 26.8 Å². The number of aliphatic carboxylic acids is 1. The lowest BCUT2D eigenvalue weighted by molar-refractivity contribution is -0.136. The van der Waals surface area contributed by atoms with E-state index in [0.717, 1.165) is 0 Å². The number of carbonyl (C=O) groups is 2. The molecule has 1 amide bonds. The Morgan fingerprint density at radius 1 is 1.27 bits per heavy atom. The number of rotatable bonds is 5. The molecule has 0 saturated heterocycles. The fourth-order valence-electron chi connectivity index (χ4n) is 2.67. The molecule has 0 aliphatic rings. The van der Waals surface area contributed by atoms with Gasteiger partial charge in [0.15, 0.2) is 0 Å². The number of anilines is 1. The van der Waals surface area contributed by atoms with Crippen LogP contribution in [0.15, 0.2) is 35.4 Å². The first-order valence-electron chi connectivity index (χ1n) is 8.01. The molecule has 0 saturated carbocycles. The van der Waals surface area contributed by atoms with E-state index < -0.39 is 5.97 Å². The largest absolute Gasteiger partial charge is 0.481 e. The van der Waals surface area contributed by atoms with E-state index in [-0.39, 0.29) is 17.9 Å². The zero-order chi connectivity index (χ0) is 18.8. The molecule has 0 radical (unpaired) electrons. The van der Waals surface area contributed by atoms with Gasteiger partial charge >= 0.3 is 5.97 Å². The number of carboxylic acids is 1. The molecule has 134 valence electrons. The highest BCUT2D eigenvalue weighted by Gasteiger charge is 2.19. The number of hydrogen-bond donors (Lipinski definition) is 2. The molecule has 2 heterocycles. The van der Waals surface area contributed by atoms with Crippen molar-refractivity contribution in [1.82, 2.24) is 9.55 Å². The van der Waals surface area contributed by atoms with Gasteiger partial charge in [-0.25, -0.2) is 4.98 Å². The van der Waals surface area contributed by atoms with Crippen LogP contribution in [0.2, 0.25) is 0 Å². The Balaban J connectivity index is 1.88. The highest BCUT2D eigenvalue weighted by atomic mass is 32.1. The number of nitrogens with one attached hydrogen (secondary N) is 1. The quantitative estimate of drug-likeness (QED) is 0.718. The molecule has 3 aromatic rings. The van der Waals surface area contributed by atoms with Gasteiger partial charge in [-0.15, -0.1) is 11.3 Å². The maximum Gasteiger partial charge on any atom is 0.307 e. The Hall–Kier alpha value is -3.00. The molecule has 8 heteroatoms. The van der Waals surface area contributed by atoms with Crippen LogP contribution in [-0.2, 0) is 17.8 Å². The monoisotopic (exact) mass is 371 g/mol. The van der Waals surface area contributed by atoms with Crippen LogP contribution >= 0.6 is 11.3 Å². The van der Waals surface area contributed by atoms with Crippen molar-refractivity contribution in [2.24, 2.45) is 0 Å². The average molecular weight is 371 g/mol. The van der Waals surface area contributed by atoms with E-state index in [1.54, 1.807) is 31.2 Å². The number of thiophene rings is 1. The van der Waals surface area contributed by atoms with Crippen molar-refractivity contribution in [3.8, 4) is 0 Å². The summed E-state index contributed by atoms with van der Waals surface area (Å²) in [6.45, 7) is 4.12. The van der Waals surface area contributed by atoms with Crippen LogP contribution in [0, 0.1) is 6.92 Å². The average Bonchev–Trinajstić information content (AvgIpc) is 2.94.